The number of amides is 3. The lowest BCUT2D eigenvalue weighted by Gasteiger charge is -2.38. The molecule has 2 heterocycles. The number of nitrogens with zero attached hydrogens (tertiary/aromatic N) is 2. The van der Waals surface area contributed by atoms with E-state index in [1.54, 1.807) is 24.1 Å². The molecule has 10 heteroatoms. The number of nitrogens with one attached hydrogen (secondary N) is 2. The summed E-state index contributed by atoms with van der Waals surface area (Å²) in [6.07, 6.45) is 2.61. The fraction of sp³-hybridized carbons (Fsp3) is 0.406. The van der Waals surface area contributed by atoms with E-state index in [0.717, 1.165) is 23.8 Å². The predicted octanol–water partition coefficient (Wildman–Crippen LogP) is 2.72. The molecule has 4 atom stereocenters. The van der Waals surface area contributed by atoms with Gasteiger partial charge >= 0.3 is 0 Å². The van der Waals surface area contributed by atoms with Gasteiger partial charge in [-0.15, -0.1) is 13.2 Å². The average molecular weight is 581 g/mol. The minimum Gasteiger partial charge on any atom is -0.389 e. The second-order valence-corrected chi connectivity index (χ2v) is 11.2. The van der Waals surface area contributed by atoms with Gasteiger partial charge in [0.2, 0.25) is 17.7 Å². The molecule has 2 aromatic carbocycles. The quantitative estimate of drug-likeness (QED) is 0.335. The highest BCUT2D eigenvalue weighted by atomic mass is 19.1. The van der Waals surface area contributed by atoms with Gasteiger partial charge in [-0.3, -0.25) is 14.4 Å². The van der Waals surface area contributed by atoms with Gasteiger partial charge in [-0.05, 0) is 48.9 Å². The summed E-state index contributed by atoms with van der Waals surface area (Å²) < 4.78 is 28.1. The number of rotatable bonds is 12. The Labute approximate surface area is 245 Å². The molecule has 0 spiro atoms. The summed E-state index contributed by atoms with van der Waals surface area (Å²) in [5.41, 5.74) is 0.265. The molecule has 0 aliphatic carbocycles. The maximum Gasteiger partial charge on any atom is 0.243 e. The average Bonchev–Trinajstić information content (AvgIpc) is 3.19. The highest BCUT2D eigenvalue weighted by molar-refractivity contribution is 5.94. The van der Waals surface area contributed by atoms with E-state index < -0.39 is 47.2 Å². The van der Waals surface area contributed by atoms with Crippen molar-refractivity contribution in [1.82, 2.24) is 20.4 Å². The molecule has 8 nitrogen and oxygen atoms in total. The number of hydrogen-bond acceptors (Lipinski definition) is 5. The van der Waals surface area contributed by atoms with Crippen molar-refractivity contribution in [3.8, 4) is 0 Å². The van der Waals surface area contributed by atoms with Gasteiger partial charge in [0.1, 0.15) is 23.7 Å². The Kier molecular flexibility index (Phi) is 9.90. The van der Waals surface area contributed by atoms with Crippen molar-refractivity contribution in [2.24, 2.45) is 5.41 Å². The lowest BCUT2D eigenvalue weighted by molar-refractivity contribution is -0.141. The molecule has 2 aliphatic heterocycles. The molecule has 4 rings (SSSR count). The van der Waals surface area contributed by atoms with Crippen molar-refractivity contribution in [2.75, 3.05) is 20.1 Å². The van der Waals surface area contributed by atoms with Crippen LogP contribution in [0.15, 0.2) is 73.8 Å². The van der Waals surface area contributed by atoms with E-state index in [-0.39, 0.29) is 30.2 Å². The Bertz CT molecular complexity index is 1290. The van der Waals surface area contributed by atoms with E-state index in [9.17, 15) is 28.3 Å². The SMILES string of the molecule is C=CCC1(CC=C)CC(C(=O)N[C@@H](Cc2cc(F)cc(F)c2)[C@H](O)[C@@H]2NCCN(Cc3ccccc3)C2=O)N(C)C1=O. The van der Waals surface area contributed by atoms with E-state index >= 15 is 0 Å². The molecule has 0 bridgehead atoms. The van der Waals surface area contributed by atoms with Crippen molar-refractivity contribution in [2.45, 2.75) is 56.5 Å². The maximum atomic E-state index is 14.1. The molecule has 3 amide bonds. The minimum absolute atomic E-state index is 0.152. The standard InChI is InChI=1S/C32H38F2N4O4/c1-4-11-32(12-5-2)19-26(37(3)31(32)42)29(40)36-25(17-22-15-23(33)18-24(34)16-22)28(39)27-30(41)38(14-13-35-27)20-21-9-7-6-8-10-21/h4-10,15-16,18,25-28,35,39H,1-2,11-14,17,19-20H2,3H3,(H,36,40)/t25-,26?,27-,28-/m0/s1. The number of aliphatic hydroxyl groups excluding tert-OH is 1. The zero-order valence-electron chi connectivity index (χ0n) is 23.8. The van der Waals surface area contributed by atoms with Crippen LogP contribution in [0.2, 0.25) is 0 Å². The first-order chi connectivity index (χ1) is 20.1. The number of likely N-dealkylation sites (N-methyl/N-ethyl adjacent to an activating group) is 1. The van der Waals surface area contributed by atoms with E-state index in [2.05, 4.69) is 23.8 Å². The lowest BCUT2D eigenvalue weighted by Crippen LogP contribution is -2.64. The highest BCUT2D eigenvalue weighted by Gasteiger charge is 2.51. The van der Waals surface area contributed by atoms with Crippen molar-refractivity contribution < 1.29 is 28.3 Å². The van der Waals surface area contributed by atoms with Crippen LogP contribution < -0.4 is 10.6 Å². The van der Waals surface area contributed by atoms with Crippen LogP contribution in [0.3, 0.4) is 0 Å². The van der Waals surface area contributed by atoms with Crippen molar-refractivity contribution in [1.29, 1.82) is 0 Å². The second-order valence-electron chi connectivity index (χ2n) is 11.2. The van der Waals surface area contributed by atoms with E-state index in [1.807, 2.05) is 30.3 Å². The van der Waals surface area contributed by atoms with Crippen molar-refractivity contribution in [3.63, 3.8) is 0 Å². The summed E-state index contributed by atoms with van der Waals surface area (Å²) in [7, 11) is 1.54. The first-order valence-corrected chi connectivity index (χ1v) is 14.1. The van der Waals surface area contributed by atoms with Gasteiger partial charge in [0, 0.05) is 32.7 Å². The van der Waals surface area contributed by atoms with Crippen molar-refractivity contribution >= 4 is 17.7 Å². The fourth-order valence-corrected chi connectivity index (χ4v) is 6.08. The van der Waals surface area contributed by atoms with Crippen molar-refractivity contribution in [3.05, 3.63) is 96.6 Å². The third-order valence-corrected chi connectivity index (χ3v) is 8.20. The van der Waals surface area contributed by atoms with Gasteiger partial charge in [-0.1, -0.05) is 42.5 Å². The third-order valence-electron chi connectivity index (χ3n) is 8.20. The number of likely N-dealkylation sites (tertiary alicyclic amines) is 1. The zero-order valence-corrected chi connectivity index (χ0v) is 23.8. The summed E-state index contributed by atoms with van der Waals surface area (Å²) in [5, 5.41) is 17.4. The van der Waals surface area contributed by atoms with Gasteiger partial charge in [-0.25, -0.2) is 8.78 Å². The smallest absolute Gasteiger partial charge is 0.243 e. The van der Waals surface area contributed by atoms with Gasteiger partial charge in [0.25, 0.3) is 0 Å². The molecule has 0 saturated carbocycles. The molecule has 1 unspecified atom stereocenters. The molecule has 0 aromatic heterocycles. The number of carbonyl (C=O) groups is 3. The van der Waals surface area contributed by atoms with E-state index in [4.69, 9.17) is 0 Å². The van der Waals surface area contributed by atoms with Crippen LogP contribution in [0.4, 0.5) is 8.78 Å². The van der Waals surface area contributed by atoms with Gasteiger partial charge in [0.05, 0.1) is 17.6 Å². The molecule has 2 fully saturated rings. The Balaban J connectivity index is 1.58. The second kappa shape index (κ2) is 13.4. The third kappa shape index (κ3) is 6.77. The number of piperazine rings is 1. The van der Waals surface area contributed by atoms with Crippen LogP contribution in [0.25, 0.3) is 0 Å². The Morgan fingerprint density at radius 2 is 1.76 bits per heavy atom. The zero-order chi connectivity index (χ0) is 30.4. The molecule has 2 aromatic rings. The maximum absolute atomic E-state index is 14.1. The highest BCUT2D eigenvalue weighted by Crippen LogP contribution is 2.42. The number of allylic oxidation sites excluding steroid dienone is 2. The number of hydrogen-bond donors (Lipinski definition) is 3. The number of halogens is 2. The molecule has 42 heavy (non-hydrogen) atoms. The summed E-state index contributed by atoms with van der Waals surface area (Å²) >= 11 is 0. The first kappa shape index (κ1) is 31.1. The number of benzene rings is 2. The number of carbonyl (C=O) groups excluding carboxylic acids is 3. The molecular weight excluding hydrogens is 542 g/mol. The molecule has 224 valence electrons. The van der Waals surface area contributed by atoms with E-state index in [1.165, 1.54) is 4.90 Å². The topological polar surface area (TPSA) is 102 Å². The summed E-state index contributed by atoms with van der Waals surface area (Å²) in [6.45, 7) is 8.70. The predicted molar refractivity (Wildman–Crippen MR) is 155 cm³/mol. The van der Waals surface area contributed by atoms with E-state index in [0.29, 0.717) is 32.5 Å². The summed E-state index contributed by atoms with van der Waals surface area (Å²) in [6, 6.07) is 9.38. The van der Waals surface area contributed by atoms with Crippen LogP contribution in [0, 0.1) is 17.0 Å². The largest absolute Gasteiger partial charge is 0.389 e. The first-order valence-electron chi connectivity index (χ1n) is 14.1. The van der Waals surface area contributed by atoms with Crippen LogP contribution >= 0.6 is 0 Å². The molecular formula is C32H38F2N4O4. The molecule has 2 aliphatic rings. The summed E-state index contributed by atoms with van der Waals surface area (Å²) in [5.74, 6) is -2.71. The minimum atomic E-state index is -1.44. The van der Waals surface area contributed by atoms with Crippen LogP contribution in [-0.2, 0) is 27.3 Å². The van der Waals surface area contributed by atoms with Crippen LogP contribution in [0.5, 0.6) is 0 Å². The normalized spacial score (nSPS) is 21.6. The molecule has 0 radical (unpaired) electrons. The van der Waals surface area contributed by atoms with Gasteiger partial charge < -0.3 is 25.5 Å². The Hall–Kier alpha value is -3.89. The van der Waals surface area contributed by atoms with Gasteiger partial charge in [-0.2, -0.15) is 0 Å². The van der Waals surface area contributed by atoms with Crippen LogP contribution in [0.1, 0.15) is 30.4 Å². The number of aliphatic hydroxyl groups is 1. The lowest BCUT2D eigenvalue weighted by atomic mass is 9.78. The molecule has 2 saturated heterocycles. The summed E-state index contributed by atoms with van der Waals surface area (Å²) in [4.78, 5) is 43.4. The van der Waals surface area contributed by atoms with Crippen LogP contribution in [-0.4, -0.2) is 77.0 Å². The molecule has 3 N–H and O–H groups in total. The monoisotopic (exact) mass is 580 g/mol. The fourth-order valence-electron chi connectivity index (χ4n) is 6.08. The Morgan fingerprint density at radius 1 is 1.12 bits per heavy atom. The van der Waals surface area contributed by atoms with Gasteiger partial charge in [0.15, 0.2) is 0 Å². The Morgan fingerprint density at radius 3 is 2.38 bits per heavy atom.